The number of piperidine rings is 1. The Morgan fingerprint density at radius 1 is 1.00 bits per heavy atom. The maximum Gasteiger partial charge on any atom is 0.345 e. The molecule has 144 valence electrons. The second-order valence-corrected chi connectivity index (χ2v) is 7.96. The van der Waals surface area contributed by atoms with Crippen LogP contribution >= 0.6 is 0 Å². The average molecular weight is 376 g/mol. The number of nitrogens with zero attached hydrogens (tertiary/aromatic N) is 4. The smallest absolute Gasteiger partial charge is 0.339 e. The van der Waals surface area contributed by atoms with Gasteiger partial charge in [-0.3, -0.25) is 9.36 Å². The summed E-state index contributed by atoms with van der Waals surface area (Å²) in [7, 11) is 1.73. The Morgan fingerprint density at radius 2 is 1.71 bits per heavy atom. The maximum absolute atomic E-state index is 13.2. The van der Waals surface area contributed by atoms with Crippen molar-refractivity contribution in [3.05, 3.63) is 64.3 Å². The van der Waals surface area contributed by atoms with Gasteiger partial charge >= 0.3 is 5.69 Å². The second-order valence-electron chi connectivity index (χ2n) is 7.96. The Bertz CT molecular complexity index is 1100. The predicted molar refractivity (Wildman–Crippen MR) is 108 cm³/mol. The lowest BCUT2D eigenvalue weighted by molar-refractivity contribution is 0.0712. The molecule has 3 aromatic rings. The summed E-state index contributed by atoms with van der Waals surface area (Å²) >= 11 is 0. The number of rotatable bonds is 3. The van der Waals surface area contributed by atoms with Gasteiger partial charge in [0.15, 0.2) is 0 Å². The molecule has 1 aliphatic heterocycles. The normalized spacial score (nSPS) is 18.0. The van der Waals surface area contributed by atoms with Crippen LogP contribution in [0.1, 0.15) is 53.8 Å². The van der Waals surface area contributed by atoms with Crippen LogP contribution in [0.2, 0.25) is 0 Å². The van der Waals surface area contributed by atoms with Crippen molar-refractivity contribution in [1.82, 2.24) is 19.2 Å². The monoisotopic (exact) mass is 376 g/mol. The van der Waals surface area contributed by atoms with Crippen LogP contribution in [0.25, 0.3) is 10.8 Å². The van der Waals surface area contributed by atoms with Crippen LogP contribution in [-0.2, 0) is 7.05 Å². The lowest BCUT2D eigenvalue weighted by atomic mass is 9.94. The number of fused-ring (bicyclic) bond motifs is 1. The van der Waals surface area contributed by atoms with Crippen LogP contribution in [0, 0.1) is 0 Å². The highest BCUT2D eigenvalue weighted by molar-refractivity contribution is 6.07. The number of benzene rings is 2. The Kier molecular flexibility index (Phi) is 4.07. The minimum Gasteiger partial charge on any atom is -0.339 e. The molecule has 0 N–H and O–H groups in total. The number of hydrogen-bond acceptors (Lipinski definition) is 3. The first-order chi connectivity index (χ1) is 13.6. The zero-order valence-electron chi connectivity index (χ0n) is 16.0. The van der Waals surface area contributed by atoms with Gasteiger partial charge in [0, 0.05) is 37.7 Å². The van der Waals surface area contributed by atoms with E-state index in [0.717, 1.165) is 47.8 Å². The molecule has 0 bridgehead atoms. The van der Waals surface area contributed by atoms with Gasteiger partial charge < -0.3 is 4.90 Å². The second kappa shape index (κ2) is 6.62. The lowest BCUT2D eigenvalue weighted by Crippen LogP contribution is -2.38. The molecule has 2 aliphatic rings. The number of carbonyl (C=O) groups excluding carboxylic acids is 1. The fraction of sp³-hybridized carbons (Fsp3) is 0.409. The third-order valence-corrected chi connectivity index (χ3v) is 6.06. The van der Waals surface area contributed by atoms with Gasteiger partial charge in [-0.05, 0) is 42.5 Å². The van der Waals surface area contributed by atoms with E-state index in [1.807, 2.05) is 51.9 Å². The van der Waals surface area contributed by atoms with E-state index in [4.69, 9.17) is 0 Å². The minimum atomic E-state index is -0.00763. The molecule has 2 heterocycles. The summed E-state index contributed by atoms with van der Waals surface area (Å²) in [5, 5.41) is 6.62. The van der Waals surface area contributed by atoms with Crippen molar-refractivity contribution < 1.29 is 4.79 Å². The third-order valence-electron chi connectivity index (χ3n) is 6.06. The summed E-state index contributed by atoms with van der Waals surface area (Å²) in [4.78, 5) is 27.5. The molecule has 1 amide bonds. The molecule has 6 nitrogen and oxygen atoms in total. The van der Waals surface area contributed by atoms with Gasteiger partial charge in [0.25, 0.3) is 5.91 Å². The third kappa shape index (κ3) is 2.84. The summed E-state index contributed by atoms with van der Waals surface area (Å²) in [5.74, 6) is 1.24. The van der Waals surface area contributed by atoms with E-state index < -0.39 is 0 Å². The summed E-state index contributed by atoms with van der Waals surface area (Å²) < 4.78 is 3.36. The van der Waals surface area contributed by atoms with E-state index in [2.05, 4.69) is 5.10 Å². The Labute approximate surface area is 163 Å². The summed E-state index contributed by atoms with van der Waals surface area (Å²) in [6, 6.07) is 14.2. The molecular formula is C22H24N4O2. The molecule has 2 aromatic carbocycles. The van der Waals surface area contributed by atoms with E-state index in [0.29, 0.717) is 19.1 Å². The highest BCUT2D eigenvalue weighted by Crippen LogP contribution is 2.37. The van der Waals surface area contributed by atoms with Gasteiger partial charge in [-0.1, -0.05) is 36.4 Å². The summed E-state index contributed by atoms with van der Waals surface area (Å²) in [6.45, 7) is 1.39. The molecule has 1 saturated heterocycles. The molecule has 1 aromatic heterocycles. The zero-order chi connectivity index (χ0) is 19.3. The maximum atomic E-state index is 13.2. The van der Waals surface area contributed by atoms with Crippen LogP contribution in [-0.4, -0.2) is 38.2 Å². The molecule has 0 radical (unpaired) electrons. The molecular weight excluding hydrogens is 352 g/mol. The molecule has 6 heteroatoms. The number of carbonyl (C=O) groups is 1. The SMILES string of the molecule is Cn1nc(C2CCN(C(=O)c3cccc4ccccc34)CC2)n(C2CC2)c1=O. The highest BCUT2D eigenvalue weighted by atomic mass is 16.2. The topological polar surface area (TPSA) is 60.1 Å². The van der Waals surface area contributed by atoms with Crippen molar-refractivity contribution in [1.29, 1.82) is 0 Å². The molecule has 1 saturated carbocycles. The van der Waals surface area contributed by atoms with Gasteiger partial charge in [0.1, 0.15) is 5.82 Å². The number of hydrogen-bond donors (Lipinski definition) is 0. The standard InChI is InChI=1S/C22H24N4O2/c1-24-22(28)26(17-9-10-17)20(23-24)16-11-13-25(14-12-16)21(27)19-8-4-6-15-5-2-3-7-18(15)19/h2-8,16-17H,9-14H2,1H3. The van der Waals surface area contributed by atoms with E-state index in [9.17, 15) is 9.59 Å². The predicted octanol–water partition coefficient (Wildman–Crippen LogP) is 3.09. The van der Waals surface area contributed by atoms with E-state index in [1.54, 1.807) is 7.05 Å². The highest BCUT2D eigenvalue weighted by Gasteiger charge is 2.34. The van der Waals surface area contributed by atoms with Crippen molar-refractivity contribution >= 4 is 16.7 Å². The van der Waals surface area contributed by atoms with Crippen molar-refractivity contribution in [2.45, 2.75) is 37.6 Å². The Hall–Kier alpha value is -2.89. The molecule has 1 aliphatic carbocycles. The Balaban J connectivity index is 1.36. The number of aromatic nitrogens is 3. The van der Waals surface area contributed by atoms with Crippen LogP contribution in [0.3, 0.4) is 0 Å². The number of likely N-dealkylation sites (tertiary alicyclic amines) is 1. The van der Waals surface area contributed by atoms with Gasteiger partial charge in [-0.2, -0.15) is 5.10 Å². The van der Waals surface area contributed by atoms with Gasteiger partial charge in [-0.15, -0.1) is 0 Å². The molecule has 0 atom stereocenters. The molecule has 0 spiro atoms. The minimum absolute atomic E-state index is 0.00763. The largest absolute Gasteiger partial charge is 0.345 e. The van der Waals surface area contributed by atoms with E-state index in [-0.39, 0.29) is 17.5 Å². The van der Waals surface area contributed by atoms with Crippen molar-refractivity contribution in [3.63, 3.8) is 0 Å². The molecule has 2 fully saturated rings. The van der Waals surface area contributed by atoms with Crippen LogP contribution < -0.4 is 5.69 Å². The van der Waals surface area contributed by atoms with Crippen molar-refractivity contribution in [2.24, 2.45) is 7.05 Å². The first kappa shape index (κ1) is 17.2. The Morgan fingerprint density at radius 3 is 2.46 bits per heavy atom. The fourth-order valence-corrected chi connectivity index (χ4v) is 4.38. The van der Waals surface area contributed by atoms with Crippen LogP contribution in [0.15, 0.2) is 47.3 Å². The van der Waals surface area contributed by atoms with Gasteiger partial charge in [-0.25, -0.2) is 9.48 Å². The van der Waals surface area contributed by atoms with Crippen molar-refractivity contribution in [2.75, 3.05) is 13.1 Å². The van der Waals surface area contributed by atoms with E-state index >= 15 is 0 Å². The average Bonchev–Trinajstić information content (AvgIpc) is 3.53. The van der Waals surface area contributed by atoms with Crippen LogP contribution in [0.5, 0.6) is 0 Å². The van der Waals surface area contributed by atoms with Crippen molar-refractivity contribution in [3.8, 4) is 0 Å². The fourth-order valence-electron chi connectivity index (χ4n) is 4.38. The van der Waals surface area contributed by atoms with Crippen LogP contribution in [0.4, 0.5) is 0 Å². The number of aryl methyl sites for hydroxylation is 1. The summed E-state index contributed by atoms with van der Waals surface area (Å²) in [5.41, 5.74) is 0.760. The zero-order valence-corrected chi connectivity index (χ0v) is 16.0. The quantitative estimate of drug-likeness (QED) is 0.706. The molecule has 28 heavy (non-hydrogen) atoms. The van der Waals surface area contributed by atoms with Gasteiger partial charge in [0.2, 0.25) is 0 Å². The first-order valence-electron chi connectivity index (χ1n) is 10.1. The first-order valence-corrected chi connectivity index (χ1v) is 10.1. The summed E-state index contributed by atoms with van der Waals surface area (Å²) in [6.07, 6.45) is 3.83. The lowest BCUT2D eigenvalue weighted by Gasteiger charge is -2.32. The number of amides is 1. The molecule has 0 unspecified atom stereocenters. The molecule has 5 rings (SSSR count). The van der Waals surface area contributed by atoms with E-state index in [1.165, 1.54) is 4.68 Å². The van der Waals surface area contributed by atoms with Gasteiger partial charge in [0.05, 0.1) is 0 Å².